The average molecular weight is 467 g/mol. The molecule has 7 heteroatoms. The van der Waals surface area contributed by atoms with Crippen molar-refractivity contribution in [2.24, 2.45) is 0 Å². The quantitative estimate of drug-likeness (QED) is 0.562. The van der Waals surface area contributed by atoms with Gasteiger partial charge in [0.1, 0.15) is 0 Å². The summed E-state index contributed by atoms with van der Waals surface area (Å²) in [5.74, 6) is -0.490. The Kier molecular flexibility index (Phi) is 6.44. The number of nitrogens with zero attached hydrogens (tertiary/aromatic N) is 1. The Morgan fingerprint density at radius 1 is 1.06 bits per heavy atom. The number of nitrogens with one attached hydrogen (secondary N) is 1. The second kappa shape index (κ2) is 9.27. The van der Waals surface area contributed by atoms with E-state index in [1.807, 2.05) is 26.0 Å². The summed E-state index contributed by atoms with van der Waals surface area (Å²) in [6.45, 7) is 4.18. The van der Waals surface area contributed by atoms with Crippen LogP contribution in [-0.2, 0) is 17.3 Å². The number of hydrogen-bond acceptors (Lipinski definition) is 3. The average Bonchev–Trinajstić information content (AvgIpc) is 2.89. The highest BCUT2D eigenvalue weighted by Crippen LogP contribution is 2.36. The lowest BCUT2D eigenvalue weighted by atomic mass is 10.1. The third-order valence-corrected chi connectivity index (χ3v) is 7.27. The van der Waals surface area contributed by atoms with Crippen molar-refractivity contribution < 1.29 is 13.8 Å². The Balaban J connectivity index is 1.84. The minimum atomic E-state index is -1.56. The molecule has 0 saturated carbocycles. The zero-order chi connectivity index (χ0) is 22.8. The normalized spacial score (nSPS) is 16.0. The van der Waals surface area contributed by atoms with Gasteiger partial charge >= 0.3 is 0 Å². The number of fused-ring (bicyclic) bond motifs is 2. The molecule has 0 fully saturated rings. The Morgan fingerprint density at radius 2 is 1.78 bits per heavy atom. The number of anilines is 1. The van der Waals surface area contributed by atoms with Crippen molar-refractivity contribution in [2.75, 3.05) is 4.90 Å². The van der Waals surface area contributed by atoms with E-state index in [1.54, 1.807) is 59.5 Å². The molecule has 3 aromatic carbocycles. The molecular formula is C25H23ClN2O3S. The molecule has 1 aliphatic heterocycles. The SMILES string of the molecule is CC[C@@H](C)NC(=O)c1ccc2c(c1)N(Cc1ccc(Cl)cc1)C(=O)c1ccccc1[S@@]2=O. The Hall–Kier alpha value is -2.96. The van der Waals surface area contributed by atoms with Crippen LogP contribution in [0.1, 0.15) is 46.5 Å². The molecule has 4 rings (SSSR count). The highest BCUT2D eigenvalue weighted by atomic mass is 35.5. The van der Waals surface area contributed by atoms with E-state index < -0.39 is 10.8 Å². The van der Waals surface area contributed by atoms with Gasteiger partial charge in [-0.25, -0.2) is 4.21 Å². The number of carbonyl (C=O) groups is 2. The molecule has 1 heterocycles. The van der Waals surface area contributed by atoms with E-state index in [9.17, 15) is 13.8 Å². The van der Waals surface area contributed by atoms with Crippen molar-refractivity contribution in [3.8, 4) is 0 Å². The first-order chi connectivity index (χ1) is 15.4. The van der Waals surface area contributed by atoms with Gasteiger partial charge in [0.05, 0.1) is 38.4 Å². The van der Waals surface area contributed by atoms with Crippen LogP contribution in [0.25, 0.3) is 0 Å². The fourth-order valence-corrected chi connectivity index (χ4v) is 5.01. The molecule has 5 nitrogen and oxygen atoms in total. The summed E-state index contributed by atoms with van der Waals surface area (Å²) in [6, 6.07) is 19.2. The smallest absolute Gasteiger partial charge is 0.259 e. The van der Waals surface area contributed by atoms with Crippen molar-refractivity contribution in [3.05, 3.63) is 88.4 Å². The van der Waals surface area contributed by atoms with Crippen LogP contribution in [-0.4, -0.2) is 22.1 Å². The van der Waals surface area contributed by atoms with Crippen molar-refractivity contribution in [3.63, 3.8) is 0 Å². The summed E-state index contributed by atoms with van der Waals surface area (Å²) in [6.07, 6.45) is 0.803. The van der Waals surface area contributed by atoms with Gasteiger partial charge in [-0.3, -0.25) is 9.59 Å². The summed E-state index contributed by atoms with van der Waals surface area (Å²) in [4.78, 5) is 28.9. The van der Waals surface area contributed by atoms with E-state index in [1.165, 1.54) is 0 Å². The lowest BCUT2D eigenvalue weighted by Crippen LogP contribution is -2.33. The largest absolute Gasteiger partial charge is 0.350 e. The molecule has 0 aromatic heterocycles. The van der Waals surface area contributed by atoms with Gasteiger partial charge in [-0.05, 0) is 61.4 Å². The van der Waals surface area contributed by atoms with E-state index in [0.29, 0.717) is 31.6 Å². The molecule has 0 radical (unpaired) electrons. The first-order valence-corrected chi connectivity index (χ1v) is 11.9. The molecule has 2 amide bonds. The van der Waals surface area contributed by atoms with Crippen molar-refractivity contribution in [1.29, 1.82) is 0 Å². The monoisotopic (exact) mass is 466 g/mol. The molecular weight excluding hydrogens is 444 g/mol. The zero-order valence-electron chi connectivity index (χ0n) is 17.8. The van der Waals surface area contributed by atoms with Gasteiger partial charge in [-0.1, -0.05) is 42.8 Å². The topological polar surface area (TPSA) is 66.5 Å². The molecule has 1 N–H and O–H groups in total. The maximum atomic E-state index is 13.6. The van der Waals surface area contributed by atoms with Gasteiger partial charge in [0, 0.05) is 16.6 Å². The molecule has 0 unspecified atom stereocenters. The minimum absolute atomic E-state index is 0.0199. The summed E-state index contributed by atoms with van der Waals surface area (Å²) >= 11 is 6.02. The van der Waals surface area contributed by atoms with Crippen LogP contribution in [0.3, 0.4) is 0 Å². The van der Waals surface area contributed by atoms with Crippen molar-refractivity contribution in [1.82, 2.24) is 5.32 Å². The van der Waals surface area contributed by atoms with Gasteiger partial charge in [0.25, 0.3) is 11.8 Å². The summed E-state index contributed by atoms with van der Waals surface area (Å²) < 4.78 is 13.4. The van der Waals surface area contributed by atoms with Crippen LogP contribution in [0.5, 0.6) is 0 Å². The predicted molar refractivity (Wildman–Crippen MR) is 127 cm³/mol. The van der Waals surface area contributed by atoms with E-state index in [2.05, 4.69) is 5.32 Å². The molecule has 0 aliphatic carbocycles. The molecule has 2 atom stereocenters. The number of amides is 2. The van der Waals surface area contributed by atoms with Crippen molar-refractivity contribution in [2.45, 2.75) is 42.6 Å². The molecule has 1 aliphatic rings. The Labute approximate surface area is 194 Å². The van der Waals surface area contributed by atoms with Crippen LogP contribution in [0.2, 0.25) is 5.02 Å². The van der Waals surface area contributed by atoms with Crippen LogP contribution in [0.15, 0.2) is 76.5 Å². The fourth-order valence-electron chi connectivity index (χ4n) is 3.54. The highest BCUT2D eigenvalue weighted by molar-refractivity contribution is 7.85. The predicted octanol–water partition coefficient (Wildman–Crippen LogP) is 5.20. The first-order valence-electron chi connectivity index (χ1n) is 10.4. The highest BCUT2D eigenvalue weighted by Gasteiger charge is 2.31. The van der Waals surface area contributed by atoms with Gasteiger partial charge in [-0.2, -0.15) is 0 Å². The van der Waals surface area contributed by atoms with Crippen LogP contribution in [0, 0.1) is 0 Å². The standard InChI is InChI=1S/C25H23ClN2O3S/c1-3-16(2)27-24(29)18-10-13-23-21(14-18)28(15-17-8-11-19(26)12-9-17)25(30)20-6-4-5-7-22(20)32(23)31/h4-14,16H,3,15H2,1-2H3,(H,27,29)/t16-,32+/m1/s1. The lowest BCUT2D eigenvalue weighted by Gasteiger charge is -2.24. The third kappa shape index (κ3) is 4.33. The number of halogens is 1. The molecule has 0 spiro atoms. The van der Waals surface area contributed by atoms with E-state index >= 15 is 0 Å². The Bertz CT molecular complexity index is 1210. The third-order valence-electron chi connectivity index (χ3n) is 5.52. The minimum Gasteiger partial charge on any atom is -0.350 e. The van der Waals surface area contributed by atoms with E-state index in [4.69, 9.17) is 11.6 Å². The number of hydrogen-bond donors (Lipinski definition) is 1. The second-order valence-corrected chi connectivity index (χ2v) is 9.60. The molecule has 3 aromatic rings. The molecule has 164 valence electrons. The maximum absolute atomic E-state index is 13.6. The van der Waals surface area contributed by atoms with Crippen molar-refractivity contribution >= 4 is 39.9 Å². The van der Waals surface area contributed by atoms with E-state index in [-0.39, 0.29) is 24.4 Å². The Morgan fingerprint density at radius 3 is 2.50 bits per heavy atom. The van der Waals surface area contributed by atoms with Gasteiger partial charge in [-0.15, -0.1) is 0 Å². The molecule has 32 heavy (non-hydrogen) atoms. The van der Waals surface area contributed by atoms with Gasteiger partial charge in [0.2, 0.25) is 0 Å². The number of carbonyl (C=O) groups excluding carboxylic acids is 2. The summed E-state index contributed by atoms with van der Waals surface area (Å²) in [7, 11) is -1.56. The fraction of sp³-hybridized carbons (Fsp3) is 0.200. The number of rotatable bonds is 5. The summed E-state index contributed by atoms with van der Waals surface area (Å²) in [5, 5.41) is 3.55. The van der Waals surface area contributed by atoms with Crippen LogP contribution < -0.4 is 10.2 Å². The van der Waals surface area contributed by atoms with Gasteiger partial charge < -0.3 is 10.2 Å². The second-order valence-electron chi connectivity index (χ2n) is 7.75. The first kappa shape index (κ1) is 22.2. The molecule has 0 saturated heterocycles. The maximum Gasteiger partial charge on any atom is 0.259 e. The lowest BCUT2D eigenvalue weighted by molar-refractivity contribution is 0.0936. The van der Waals surface area contributed by atoms with E-state index in [0.717, 1.165) is 12.0 Å². The molecule has 0 bridgehead atoms. The summed E-state index contributed by atoms with van der Waals surface area (Å²) in [5.41, 5.74) is 2.15. The number of benzene rings is 3. The van der Waals surface area contributed by atoms with Crippen LogP contribution in [0.4, 0.5) is 5.69 Å². The van der Waals surface area contributed by atoms with Crippen LogP contribution >= 0.6 is 11.6 Å². The van der Waals surface area contributed by atoms with Gasteiger partial charge in [0.15, 0.2) is 0 Å². The zero-order valence-corrected chi connectivity index (χ0v) is 19.4.